The third-order valence-electron chi connectivity index (χ3n) is 10.9. The molecule has 78 heavy (non-hydrogen) atoms. The number of aryl methyl sites for hydroxylation is 2. The summed E-state index contributed by atoms with van der Waals surface area (Å²) in [6, 6.07) is 14.1. The Bertz CT molecular complexity index is 3760. The molecule has 7 aromatic heterocycles. The van der Waals surface area contributed by atoms with E-state index in [4.69, 9.17) is 32.7 Å². The van der Waals surface area contributed by atoms with E-state index in [1.807, 2.05) is 25.2 Å². The number of pyridine rings is 2. The van der Waals surface area contributed by atoms with Crippen molar-refractivity contribution >= 4 is 120 Å². The van der Waals surface area contributed by atoms with Gasteiger partial charge in [0.15, 0.2) is 0 Å². The van der Waals surface area contributed by atoms with Gasteiger partial charge in [-0.3, -0.25) is 23.9 Å². The zero-order chi connectivity index (χ0) is 55.5. The zero-order valence-corrected chi connectivity index (χ0v) is 46.3. The average molecular weight is 1130 g/mol. The number of carbonyl (C=O) groups is 4. The van der Waals surface area contributed by atoms with E-state index in [-0.39, 0.29) is 40.5 Å². The zero-order valence-electron chi connectivity index (χ0n) is 43.1. The molecule has 0 unspecified atom stereocenters. The van der Waals surface area contributed by atoms with Gasteiger partial charge in [-0.2, -0.15) is 20.0 Å². The number of nitrogens with one attached hydrogen (secondary N) is 3. The fourth-order valence-corrected chi connectivity index (χ4v) is 9.74. The second-order valence-corrected chi connectivity index (χ2v) is 22.1. The molecular weight excluding hydrogens is 1080 g/mol. The van der Waals surface area contributed by atoms with Crippen LogP contribution in [-0.2, 0) is 52.5 Å². The van der Waals surface area contributed by atoms with Crippen molar-refractivity contribution in [3.63, 3.8) is 0 Å². The van der Waals surface area contributed by atoms with Crippen LogP contribution in [0.5, 0.6) is 0 Å². The first-order valence-corrected chi connectivity index (χ1v) is 26.2. The van der Waals surface area contributed by atoms with Crippen molar-refractivity contribution in [2.75, 3.05) is 20.9 Å². The highest BCUT2D eigenvalue weighted by atomic mass is 35.5. The lowest BCUT2D eigenvalue weighted by Gasteiger charge is -2.26. The molecule has 400 valence electrons. The summed E-state index contributed by atoms with van der Waals surface area (Å²) in [4.78, 5) is 65.2. The largest absolute Gasteiger partial charge is 0.443 e. The van der Waals surface area contributed by atoms with Crippen LogP contribution in [0.15, 0.2) is 96.9 Å². The van der Waals surface area contributed by atoms with Gasteiger partial charge in [-0.25, -0.2) is 24.5 Å². The van der Waals surface area contributed by atoms with Crippen LogP contribution in [0.4, 0.5) is 42.9 Å². The van der Waals surface area contributed by atoms with Gasteiger partial charge in [-0.05, 0) is 101 Å². The number of anilines is 6. The number of rotatable bonds is 12. The van der Waals surface area contributed by atoms with E-state index < -0.39 is 23.4 Å². The topological polar surface area (TPSA) is 269 Å². The predicted molar refractivity (Wildman–Crippen MR) is 298 cm³/mol. The van der Waals surface area contributed by atoms with Crippen molar-refractivity contribution in [2.24, 2.45) is 19.1 Å². The van der Waals surface area contributed by atoms with Crippen LogP contribution in [0.25, 0.3) is 32.0 Å². The van der Waals surface area contributed by atoms with Gasteiger partial charge in [0.2, 0.25) is 22.1 Å². The Hall–Kier alpha value is -8.52. The second-order valence-electron chi connectivity index (χ2n) is 19.4. The molecule has 0 aliphatic carbocycles. The maximum atomic E-state index is 13.6. The highest BCUT2D eigenvalue weighted by Gasteiger charge is 2.31. The molecule has 0 fully saturated rings. The van der Waals surface area contributed by atoms with Crippen LogP contribution in [0.3, 0.4) is 0 Å². The van der Waals surface area contributed by atoms with Crippen molar-refractivity contribution < 1.29 is 28.7 Å². The van der Waals surface area contributed by atoms with Gasteiger partial charge in [0, 0.05) is 67.2 Å². The van der Waals surface area contributed by atoms with Crippen molar-refractivity contribution in [1.82, 2.24) is 59.7 Å². The molecule has 0 saturated carbocycles. The Balaban J connectivity index is 0.000000202. The van der Waals surface area contributed by atoms with Crippen molar-refractivity contribution in [3.8, 4) is 21.1 Å². The first-order chi connectivity index (χ1) is 37.1. The van der Waals surface area contributed by atoms with Gasteiger partial charge in [0.05, 0.1) is 64.9 Å². The predicted octanol–water partition coefficient (Wildman–Crippen LogP) is 10.2. The number of benzene rings is 2. The molecule has 9 aromatic rings. The monoisotopic (exact) mass is 1130 g/mol. The first-order valence-electron chi connectivity index (χ1n) is 23.8. The minimum absolute atomic E-state index is 0.134. The van der Waals surface area contributed by atoms with Gasteiger partial charge in [-0.15, -0.1) is 20.4 Å². The Morgan fingerprint density at radius 1 is 0.705 bits per heavy atom. The second kappa shape index (κ2) is 22.6. The van der Waals surface area contributed by atoms with E-state index in [0.29, 0.717) is 54.8 Å². The number of nitrogens with zero attached hydrogens (tertiary/aromatic N) is 14. The third-order valence-corrected chi connectivity index (χ3v) is 13.5. The smallest absolute Gasteiger partial charge is 0.435 e. The van der Waals surface area contributed by atoms with Crippen LogP contribution in [0, 0.1) is 0 Å². The molecular formula is C51H49Cl2N17O6S2. The summed E-state index contributed by atoms with van der Waals surface area (Å²) in [5, 5.41) is 41.3. The Kier molecular flexibility index (Phi) is 15.7. The van der Waals surface area contributed by atoms with Crippen LogP contribution in [0.1, 0.15) is 63.8 Å². The summed E-state index contributed by atoms with van der Waals surface area (Å²) in [6.07, 6.45) is 12.2. The van der Waals surface area contributed by atoms with Crippen LogP contribution in [0.2, 0.25) is 10.0 Å². The average Bonchev–Trinajstić information content (AvgIpc) is 4.26. The lowest BCUT2D eigenvalue weighted by atomic mass is 10.1. The normalized spacial score (nSPS) is 11.9. The molecule has 23 nitrogen and oxygen atoms in total. The van der Waals surface area contributed by atoms with E-state index in [9.17, 15) is 19.2 Å². The maximum absolute atomic E-state index is 13.6. The summed E-state index contributed by atoms with van der Waals surface area (Å²) in [7, 11) is 3.59. The Labute approximate surface area is 463 Å². The number of hydrogen-bond donors (Lipinski definition) is 3. The number of halogens is 2. The molecule has 1 aliphatic rings. The summed E-state index contributed by atoms with van der Waals surface area (Å²) in [5.41, 5.74) is 4.86. The first kappa shape index (κ1) is 54.3. The van der Waals surface area contributed by atoms with Gasteiger partial charge in [-0.1, -0.05) is 51.9 Å². The standard InChI is InChI=1S/C30H32ClN9O5S.C21H17ClN8OS/c1-29(2,3)44-27(42)39(21-9-8-20-19(24(21)31)15-34-40(20)28(43)45-30(4,5)6)26-37-36-25(46-26)18-10-11-32-22(13-18)35-23(41)12-17-14-33-38(7)16-17;1-30-11-12(8-25-30)6-18(31)27-17-7-13(4-5-24-17)20-28-29-21(32-20)26-16-3-2-14-9-23-10-15(14)19(16)22/h8-11,13-16H,12H2,1-7H3,(H,32,35,41);2-5,7-8,10-11H,6,9H2,1H3,(H,26,29)(H,24,27,31). The summed E-state index contributed by atoms with van der Waals surface area (Å²) in [6.45, 7) is 11.1. The molecule has 10 rings (SSSR count). The summed E-state index contributed by atoms with van der Waals surface area (Å²) in [5.74, 6) is 0.341. The summed E-state index contributed by atoms with van der Waals surface area (Å²) >= 11 is 15.8. The minimum atomic E-state index is -0.838. The highest BCUT2D eigenvalue weighted by Crippen LogP contribution is 2.41. The lowest BCUT2D eigenvalue weighted by molar-refractivity contribution is -0.116. The fourth-order valence-electron chi connectivity index (χ4n) is 7.57. The third kappa shape index (κ3) is 13.2. The molecule has 2 aromatic carbocycles. The molecule has 0 saturated heterocycles. The number of amides is 3. The Morgan fingerprint density at radius 2 is 1.31 bits per heavy atom. The van der Waals surface area contributed by atoms with Gasteiger partial charge >= 0.3 is 12.2 Å². The minimum Gasteiger partial charge on any atom is -0.443 e. The van der Waals surface area contributed by atoms with E-state index in [1.54, 1.807) is 125 Å². The molecule has 0 bridgehead atoms. The van der Waals surface area contributed by atoms with E-state index in [0.717, 1.165) is 49.5 Å². The van der Waals surface area contributed by atoms with Crippen molar-refractivity contribution in [3.05, 3.63) is 124 Å². The number of fused-ring (bicyclic) bond motifs is 2. The van der Waals surface area contributed by atoms with Crippen LogP contribution in [-0.4, -0.2) is 101 Å². The van der Waals surface area contributed by atoms with Gasteiger partial charge < -0.3 is 25.4 Å². The van der Waals surface area contributed by atoms with Crippen LogP contribution >= 0.6 is 45.9 Å². The van der Waals surface area contributed by atoms with Crippen molar-refractivity contribution in [2.45, 2.75) is 72.1 Å². The SMILES string of the molecule is Cn1cc(CC(=O)Nc2cc(-c3nnc(N(C(=O)OC(C)(C)C)c4ccc5c(cnn5C(=O)OC(C)(C)C)c4Cl)s3)ccn2)cn1.Cn1cc(CC(=O)Nc2cc(-c3nnc(Nc4ccc5c(c4Cl)C=NC5)s3)ccn2)cn1. The van der Waals surface area contributed by atoms with E-state index in [2.05, 4.69) is 66.6 Å². The number of carbonyl (C=O) groups excluding carboxylic acids is 4. The summed E-state index contributed by atoms with van der Waals surface area (Å²) < 4.78 is 15.6. The van der Waals surface area contributed by atoms with Crippen LogP contribution < -0.4 is 20.9 Å². The molecule has 3 amide bonds. The number of hydrogen-bond acceptors (Lipinski definition) is 19. The lowest BCUT2D eigenvalue weighted by Crippen LogP contribution is -2.34. The maximum Gasteiger partial charge on any atom is 0.435 e. The number of aliphatic imine (C=N–C) groups is 1. The highest BCUT2D eigenvalue weighted by molar-refractivity contribution is 7.19. The molecule has 1 aliphatic heterocycles. The molecule has 27 heteroatoms. The number of ether oxygens (including phenoxy) is 2. The van der Waals surface area contributed by atoms with Crippen molar-refractivity contribution in [1.29, 1.82) is 0 Å². The molecule has 0 atom stereocenters. The Morgan fingerprint density at radius 3 is 1.90 bits per heavy atom. The fraction of sp³-hybridized carbons (Fsp3) is 0.255. The van der Waals surface area contributed by atoms with E-state index in [1.165, 1.54) is 28.6 Å². The molecule has 3 N–H and O–H groups in total. The molecule has 0 radical (unpaired) electrons. The van der Waals surface area contributed by atoms with E-state index >= 15 is 0 Å². The quantitative estimate of drug-likeness (QED) is 0.103. The molecule has 0 spiro atoms. The molecule has 8 heterocycles. The van der Waals surface area contributed by atoms with Gasteiger partial charge in [0.25, 0.3) is 0 Å². The van der Waals surface area contributed by atoms with Gasteiger partial charge in [0.1, 0.15) is 32.9 Å². The number of aromatic nitrogens is 12.